The zero-order valence-electron chi connectivity index (χ0n) is 13.6. The van der Waals surface area contributed by atoms with Gasteiger partial charge in [-0.05, 0) is 37.5 Å². The van der Waals surface area contributed by atoms with Crippen molar-refractivity contribution in [2.45, 2.75) is 33.1 Å². The highest BCUT2D eigenvalue weighted by molar-refractivity contribution is 7.18. The number of carbonyl (C=O) groups is 2. The van der Waals surface area contributed by atoms with Gasteiger partial charge in [-0.2, -0.15) is 0 Å². The molecule has 0 saturated carbocycles. The lowest BCUT2D eigenvalue weighted by atomic mass is 9.96. The van der Waals surface area contributed by atoms with Crippen LogP contribution in [0.15, 0.2) is 36.4 Å². The molecule has 0 aliphatic rings. The Morgan fingerprint density at radius 3 is 2.52 bits per heavy atom. The second-order valence-electron chi connectivity index (χ2n) is 5.20. The van der Waals surface area contributed by atoms with E-state index in [1.165, 1.54) is 11.3 Å². The van der Waals surface area contributed by atoms with Crippen LogP contribution in [-0.2, 0) is 9.53 Å². The normalized spacial score (nSPS) is 11.8. The Hall–Kier alpha value is -2.14. The number of hydrogen-bond donors (Lipinski definition) is 1. The zero-order chi connectivity index (χ0) is 16.8. The molecule has 23 heavy (non-hydrogen) atoms. The summed E-state index contributed by atoms with van der Waals surface area (Å²) in [6, 6.07) is 11.5. The van der Waals surface area contributed by atoms with Crippen molar-refractivity contribution in [2.75, 3.05) is 11.9 Å². The molecule has 0 fully saturated rings. The second-order valence-corrected chi connectivity index (χ2v) is 6.26. The highest BCUT2D eigenvalue weighted by Gasteiger charge is 2.21. The standard InChI is InChI=1S/C18H21NO3S/c1-4-14(13-9-7-6-8-10-13)17(20)19-15-11-12(3)16(23-15)18(21)22-5-2/h6-11,14H,4-5H2,1-3H3,(H,19,20)/t14-/m0/s1. The minimum Gasteiger partial charge on any atom is -0.462 e. The molecule has 1 aromatic carbocycles. The molecule has 1 N–H and O–H groups in total. The number of thiophene rings is 1. The number of esters is 1. The predicted octanol–water partition coefficient (Wildman–Crippen LogP) is 4.37. The van der Waals surface area contributed by atoms with Crippen molar-refractivity contribution < 1.29 is 14.3 Å². The van der Waals surface area contributed by atoms with Crippen LogP contribution in [0.5, 0.6) is 0 Å². The number of rotatable bonds is 6. The molecular weight excluding hydrogens is 310 g/mol. The first-order chi connectivity index (χ1) is 11.1. The molecule has 0 aliphatic carbocycles. The molecule has 1 amide bonds. The van der Waals surface area contributed by atoms with Gasteiger partial charge in [-0.25, -0.2) is 4.79 Å². The van der Waals surface area contributed by atoms with Gasteiger partial charge in [0.25, 0.3) is 0 Å². The Labute approximate surface area is 140 Å². The molecule has 1 atom stereocenters. The van der Waals surface area contributed by atoms with Gasteiger partial charge in [0.1, 0.15) is 4.88 Å². The highest BCUT2D eigenvalue weighted by Crippen LogP contribution is 2.29. The van der Waals surface area contributed by atoms with Gasteiger partial charge in [0, 0.05) is 0 Å². The summed E-state index contributed by atoms with van der Waals surface area (Å²) < 4.78 is 5.02. The monoisotopic (exact) mass is 331 g/mol. The first-order valence-electron chi connectivity index (χ1n) is 7.70. The molecule has 1 aromatic heterocycles. The first kappa shape index (κ1) is 17.2. The van der Waals surface area contributed by atoms with E-state index in [0.29, 0.717) is 22.9 Å². The third kappa shape index (κ3) is 4.20. The van der Waals surface area contributed by atoms with Crippen LogP contribution in [0.25, 0.3) is 0 Å². The van der Waals surface area contributed by atoms with E-state index in [4.69, 9.17) is 4.74 Å². The van der Waals surface area contributed by atoms with Gasteiger partial charge < -0.3 is 10.1 Å². The van der Waals surface area contributed by atoms with Crippen molar-refractivity contribution in [3.05, 3.63) is 52.4 Å². The number of anilines is 1. The number of ether oxygens (including phenoxy) is 1. The summed E-state index contributed by atoms with van der Waals surface area (Å²) in [7, 11) is 0. The topological polar surface area (TPSA) is 55.4 Å². The molecule has 0 radical (unpaired) electrons. The summed E-state index contributed by atoms with van der Waals surface area (Å²) in [4.78, 5) is 24.9. The van der Waals surface area contributed by atoms with Gasteiger partial charge in [-0.1, -0.05) is 37.3 Å². The Morgan fingerprint density at radius 1 is 1.22 bits per heavy atom. The van der Waals surface area contributed by atoms with Crippen molar-refractivity contribution in [2.24, 2.45) is 0 Å². The molecule has 0 aliphatic heterocycles. The van der Waals surface area contributed by atoms with E-state index in [-0.39, 0.29) is 17.8 Å². The van der Waals surface area contributed by atoms with Crippen molar-refractivity contribution in [3.63, 3.8) is 0 Å². The Morgan fingerprint density at radius 2 is 1.91 bits per heavy atom. The fourth-order valence-electron chi connectivity index (χ4n) is 2.41. The highest BCUT2D eigenvalue weighted by atomic mass is 32.1. The molecular formula is C18H21NO3S. The van der Waals surface area contributed by atoms with Crippen LogP contribution in [0.2, 0.25) is 0 Å². The summed E-state index contributed by atoms with van der Waals surface area (Å²) in [5.41, 5.74) is 1.81. The van der Waals surface area contributed by atoms with E-state index in [1.54, 1.807) is 6.92 Å². The average Bonchev–Trinajstić information content (AvgIpc) is 2.90. The lowest BCUT2D eigenvalue weighted by molar-refractivity contribution is -0.117. The maximum atomic E-state index is 12.5. The third-order valence-corrected chi connectivity index (χ3v) is 4.68. The number of hydrogen-bond acceptors (Lipinski definition) is 4. The summed E-state index contributed by atoms with van der Waals surface area (Å²) in [5, 5.41) is 3.59. The van der Waals surface area contributed by atoms with Crippen LogP contribution >= 0.6 is 11.3 Å². The summed E-state index contributed by atoms with van der Waals surface area (Å²) in [6.07, 6.45) is 0.713. The minimum atomic E-state index is -0.342. The first-order valence-corrected chi connectivity index (χ1v) is 8.51. The SMILES string of the molecule is CCOC(=O)c1sc(NC(=O)[C@@H](CC)c2ccccc2)cc1C. The molecule has 0 unspecified atom stereocenters. The van der Waals surface area contributed by atoms with E-state index < -0.39 is 0 Å². The van der Waals surface area contributed by atoms with Crippen molar-refractivity contribution in [3.8, 4) is 0 Å². The van der Waals surface area contributed by atoms with E-state index in [0.717, 1.165) is 11.1 Å². The van der Waals surface area contributed by atoms with Gasteiger partial charge in [-0.15, -0.1) is 11.3 Å². The summed E-state index contributed by atoms with van der Waals surface area (Å²) >= 11 is 1.25. The van der Waals surface area contributed by atoms with Gasteiger partial charge in [0.15, 0.2) is 0 Å². The molecule has 2 aromatic rings. The summed E-state index contributed by atoms with van der Waals surface area (Å²) in [6.45, 7) is 5.94. The molecule has 0 bridgehead atoms. The lowest BCUT2D eigenvalue weighted by Crippen LogP contribution is -2.20. The lowest BCUT2D eigenvalue weighted by Gasteiger charge is -2.14. The minimum absolute atomic E-state index is 0.0599. The van der Waals surface area contributed by atoms with E-state index >= 15 is 0 Å². The fourth-order valence-corrected chi connectivity index (χ4v) is 3.38. The van der Waals surface area contributed by atoms with Crippen molar-refractivity contribution >= 4 is 28.2 Å². The van der Waals surface area contributed by atoms with E-state index in [1.807, 2.05) is 50.2 Å². The number of amides is 1. The third-order valence-electron chi connectivity index (χ3n) is 3.55. The van der Waals surface area contributed by atoms with Gasteiger partial charge >= 0.3 is 5.97 Å². The fraction of sp³-hybridized carbons (Fsp3) is 0.333. The Bertz CT molecular complexity index is 679. The molecule has 4 nitrogen and oxygen atoms in total. The molecule has 0 spiro atoms. The quantitative estimate of drug-likeness (QED) is 0.800. The van der Waals surface area contributed by atoms with Gasteiger partial charge in [-0.3, -0.25) is 4.79 Å². The van der Waals surface area contributed by atoms with Gasteiger partial charge in [0.05, 0.1) is 17.5 Å². The smallest absolute Gasteiger partial charge is 0.348 e. The molecule has 2 rings (SSSR count). The maximum absolute atomic E-state index is 12.5. The van der Waals surface area contributed by atoms with E-state index in [2.05, 4.69) is 5.32 Å². The van der Waals surface area contributed by atoms with E-state index in [9.17, 15) is 9.59 Å². The number of carbonyl (C=O) groups excluding carboxylic acids is 2. The van der Waals surface area contributed by atoms with Crippen LogP contribution in [0.4, 0.5) is 5.00 Å². The molecule has 1 heterocycles. The van der Waals surface area contributed by atoms with Crippen LogP contribution in [-0.4, -0.2) is 18.5 Å². The maximum Gasteiger partial charge on any atom is 0.348 e. The molecule has 5 heteroatoms. The molecule has 0 saturated heterocycles. The van der Waals surface area contributed by atoms with Crippen LogP contribution in [0.3, 0.4) is 0 Å². The Kier molecular flexibility index (Phi) is 5.93. The van der Waals surface area contributed by atoms with Crippen LogP contribution < -0.4 is 5.32 Å². The number of aryl methyl sites for hydroxylation is 1. The van der Waals surface area contributed by atoms with Crippen LogP contribution in [0.1, 0.15) is 47.0 Å². The zero-order valence-corrected chi connectivity index (χ0v) is 14.4. The summed E-state index contributed by atoms with van der Waals surface area (Å²) in [5.74, 6) is -0.606. The predicted molar refractivity (Wildman–Crippen MR) is 93.1 cm³/mol. The second kappa shape index (κ2) is 7.92. The average molecular weight is 331 g/mol. The largest absolute Gasteiger partial charge is 0.462 e. The van der Waals surface area contributed by atoms with Gasteiger partial charge in [0.2, 0.25) is 5.91 Å². The Balaban J connectivity index is 2.13. The number of nitrogens with one attached hydrogen (secondary N) is 1. The number of benzene rings is 1. The molecule has 122 valence electrons. The van der Waals surface area contributed by atoms with Crippen molar-refractivity contribution in [1.82, 2.24) is 0 Å². The van der Waals surface area contributed by atoms with Crippen LogP contribution in [0, 0.1) is 6.92 Å². The van der Waals surface area contributed by atoms with Crippen molar-refractivity contribution in [1.29, 1.82) is 0 Å².